The molecule has 1 aliphatic heterocycles. The summed E-state index contributed by atoms with van der Waals surface area (Å²) >= 11 is 1.90. The maximum atomic E-state index is 11.6. The molecule has 1 N–H and O–H groups in total. The summed E-state index contributed by atoms with van der Waals surface area (Å²) in [5.41, 5.74) is 1.46. The lowest BCUT2D eigenvalue weighted by Gasteiger charge is -2.58. The molecule has 4 rings (SSSR count). The Morgan fingerprint density at radius 2 is 2.10 bits per heavy atom. The number of unbranched alkanes of at least 4 members (excludes halogenated alkanes) is 2. The molecule has 3 unspecified atom stereocenters. The molecule has 8 atom stereocenters. The van der Waals surface area contributed by atoms with Gasteiger partial charge < -0.3 is 19.4 Å². The van der Waals surface area contributed by atoms with Crippen LogP contribution in [0.3, 0.4) is 0 Å². The summed E-state index contributed by atoms with van der Waals surface area (Å²) in [6.45, 7) is 6.90. The van der Waals surface area contributed by atoms with Gasteiger partial charge in [-0.25, -0.2) is 0 Å². The number of esters is 1. The molecule has 0 bridgehead atoms. The number of carbonyl (C=O) groups is 2. The van der Waals surface area contributed by atoms with Crippen LogP contribution in [0, 0.1) is 22.7 Å². The van der Waals surface area contributed by atoms with Crippen LogP contribution in [0.25, 0.3) is 0 Å². The minimum atomic E-state index is -0.437. The summed E-state index contributed by atoms with van der Waals surface area (Å²) in [6.07, 6.45) is 10.5. The number of hydrogen-bond acceptors (Lipinski definition) is 6. The standard InChI is InChI=1S/C25H38O5S/c1-16(27)30-21-15-31-23-22-19(8-10-25(21,23)3)24(2)9-7-18(13-17(24)14-20(22)28)29-12-6-4-5-11-26/h11,14,18-23,28H,4-10,12-13,15H2,1-3H3/t18-,19?,20-,21-,22?,23?,24-,25+/m0/s1. The first-order chi connectivity index (χ1) is 14.8. The minimum absolute atomic E-state index is 0.0466. The van der Waals surface area contributed by atoms with Crippen LogP contribution in [0.15, 0.2) is 11.6 Å². The van der Waals surface area contributed by atoms with Crippen molar-refractivity contribution < 1.29 is 24.2 Å². The summed E-state index contributed by atoms with van der Waals surface area (Å²) in [5.74, 6) is 1.33. The van der Waals surface area contributed by atoms with Gasteiger partial charge in [-0.05, 0) is 56.3 Å². The summed E-state index contributed by atoms with van der Waals surface area (Å²) in [7, 11) is 0. The smallest absolute Gasteiger partial charge is 0.302 e. The van der Waals surface area contributed by atoms with E-state index >= 15 is 0 Å². The van der Waals surface area contributed by atoms with E-state index < -0.39 is 6.10 Å². The lowest BCUT2D eigenvalue weighted by molar-refractivity contribution is -0.154. The van der Waals surface area contributed by atoms with E-state index in [0.29, 0.717) is 24.2 Å². The minimum Gasteiger partial charge on any atom is -0.461 e. The molecule has 4 aliphatic rings. The molecular weight excluding hydrogens is 412 g/mol. The number of aliphatic hydroxyl groups is 1. The average Bonchev–Trinajstić information content (AvgIpc) is 3.04. The van der Waals surface area contributed by atoms with Crippen molar-refractivity contribution in [3.05, 3.63) is 11.6 Å². The summed E-state index contributed by atoms with van der Waals surface area (Å²) in [6, 6.07) is 0. The van der Waals surface area contributed by atoms with Gasteiger partial charge in [0.2, 0.25) is 0 Å². The zero-order valence-corrected chi connectivity index (χ0v) is 20.0. The van der Waals surface area contributed by atoms with Crippen LogP contribution < -0.4 is 0 Å². The number of thioether (sulfide) groups is 1. The SMILES string of the molecule is CC(=O)O[C@H]1CSC2C3C(CC[C@@]21C)[C@@]1(C)CC[C@H](OCCCCC=O)CC1=C[C@@H]3O. The predicted molar refractivity (Wildman–Crippen MR) is 122 cm³/mol. The maximum absolute atomic E-state index is 11.6. The summed E-state index contributed by atoms with van der Waals surface area (Å²) in [4.78, 5) is 22.1. The molecule has 1 saturated heterocycles. The number of fused-ring (bicyclic) bond motifs is 5. The fourth-order valence-corrected chi connectivity index (χ4v) is 8.99. The summed E-state index contributed by atoms with van der Waals surface area (Å²) < 4.78 is 11.9. The predicted octanol–water partition coefficient (Wildman–Crippen LogP) is 4.31. The van der Waals surface area contributed by atoms with Gasteiger partial charge in [0.05, 0.1) is 12.2 Å². The lowest BCUT2D eigenvalue weighted by Crippen LogP contribution is -2.57. The van der Waals surface area contributed by atoms with Crippen molar-refractivity contribution in [2.45, 2.75) is 95.7 Å². The lowest BCUT2D eigenvalue weighted by atomic mass is 9.49. The van der Waals surface area contributed by atoms with E-state index in [9.17, 15) is 14.7 Å². The molecule has 2 saturated carbocycles. The van der Waals surface area contributed by atoms with Crippen LogP contribution in [0.2, 0.25) is 0 Å². The van der Waals surface area contributed by atoms with Gasteiger partial charge in [-0.15, -0.1) is 0 Å². The van der Waals surface area contributed by atoms with Crippen molar-refractivity contribution in [2.24, 2.45) is 22.7 Å². The Balaban J connectivity index is 1.47. The van der Waals surface area contributed by atoms with Gasteiger partial charge in [-0.2, -0.15) is 11.8 Å². The zero-order chi connectivity index (χ0) is 22.2. The maximum Gasteiger partial charge on any atom is 0.302 e. The highest BCUT2D eigenvalue weighted by Gasteiger charge is 2.62. The molecule has 31 heavy (non-hydrogen) atoms. The molecule has 0 aromatic carbocycles. The van der Waals surface area contributed by atoms with Crippen molar-refractivity contribution >= 4 is 24.0 Å². The topological polar surface area (TPSA) is 72.8 Å². The number of rotatable bonds is 7. The number of ether oxygens (including phenoxy) is 2. The Kier molecular flexibility index (Phi) is 6.91. The highest BCUT2D eigenvalue weighted by atomic mass is 32.2. The molecule has 0 amide bonds. The van der Waals surface area contributed by atoms with Crippen molar-refractivity contribution in [1.29, 1.82) is 0 Å². The van der Waals surface area contributed by atoms with Gasteiger partial charge in [0.1, 0.15) is 12.4 Å². The number of aldehydes is 1. The molecule has 0 aromatic heterocycles. The van der Waals surface area contributed by atoms with Crippen molar-refractivity contribution in [2.75, 3.05) is 12.4 Å². The molecular formula is C25H38O5S. The molecule has 3 fully saturated rings. The third-order valence-electron chi connectivity index (χ3n) is 8.75. The van der Waals surface area contributed by atoms with Gasteiger partial charge >= 0.3 is 5.97 Å². The van der Waals surface area contributed by atoms with Crippen LogP contribution in [0.1, 0.15) is 72.1 Å². The number of aliphatic hydroxyl groups excluding tert-OH is 1. The molecule has 174 valence electrons. The Labute approximate surface area is 190 Å². The van der Waals surface area contributed by atoms with E-state index in [2.05, 4.69) is 19.9 Å². The largest absolute Gasteiger partial charge is 0.461 e. The monoisotopic (exact) mass is 450 g/mol. The van der Waals surface area contributed by atoms with E-state index in [1.807, 2.05) is 11.8 Å². The van der Waals surface area contributed by atoms with Crippen LogP contribution in [0.4, 0.5) is 0 Å². The van der Waals surface area contributed by atoms with Gasteiger partial charge in [-0.1, -0.05) is 25.5 Å². The van der Waals surface area contributed by atoms with Crippen molar-refractivity contribution in [3.63, 3.8) is 0 Å². The van der Waals surface area contributed by atoms with Gasteiger partial charge in [0.25, 0.3) is 0 Å². The zero-order valence-electron chi connectivity index (χ0n) is 19.2. The first kappa shape index (κ1) is 23.3. The molecule has 6 heteroatoms. The third kappa shape index (κ3) is 4.24. The first-order valence-corrected chi connectivity index (χ1v) is 13.1. The van der Waals surface area contributed by atoms with Crippen LogP contribution in [-0.2, 0) is 19.1 Å². The molecule has 0 aromatic rings. The Morgan fingerprint density at radius 1 is 1.29 bits per heavy atom. The molecule has 0 radical (unpaired) electrons. The molecule has 5 nitrogen and oxygen atoms in total. The number of carbonyl (C=O) groups excluding carboxylic acids is 2. The van der Waals surface area contributed by atoms with E-state index in [1.54, 1.807) is 0 Å². The second-order valence-corrected chi connectivity index (χ2v) is 11.8. The van der Waals surface area contributed by atoms with Crippen LogP contribution in [-0.4, -0.2) is 53.3 Å². The highest BCUT2D eigenvalue weighted by molar-refractivity contribution is 8.00. The number of hydrogen-bond donors (Lipinski definition) is 1. The summed E-state index contributed by atoms with van der Waals surface area (Å²) in [5, 5.41) is 11.6. The second-order valence-electron chi connectivity index (χ2n) is 10.6. The molecule has 3 aliphatic carbocycles. The Bertz CT molecular complexity index is 723. The fraction of sp³-hybridized carbons (Fsp3) is 0.840. The van der Waals surface area contributed by atoms with Gasteiger partial charge in [-0.3, -0.25) is 4.79 Å². The van der Waals surface area contributed by atoms with Crippen LogP contribution in [0.5, 0.6) is 0 Å². The van der Waals surface area contributed by atoms with Gasteiger partial charge in [0.15, 0.2) is 0 Å². The fourth-order valence-electron chi connectivity index (χ4n) is 6.93. The van der Waals surface area contributed by atoms with Crippen molar-refractivity contribution in [1.82, 2.24) is 0 Å². The van der Waals surface area contributed by atoms with Gasteiger partial charge in [0, 0.05) is 42.3 Å². The Morgan fingerprint density at radius 3 is 2.84 bits per heavy atom. The van der Waals surface area contributed by atoms with E-state index in [4.69, 9.17) is 9.47 Å². The average molecular weight is 451 g/mol. The highest BCUT2D eigenvalue weighted by Crippen LogP contribution is 2.64. The quantitative estimate of drug-likeness (QED) is 0.270. The van der Waals surface area contributed by atoms with Crippen LogP contribution >= 0.6 is 11.8 Å². The van der Waals surface area contributed by atoms with E-state index in [0.717, 1.165) is 57.0 Å². The van der Waals surface area contributed by atoms with E-state index in [1.165, 1.54) is 12.5 Å². The third-order valence-corrected chi connectivity index (χ3v) is 10.5. The molecule has 0 spiro atoms. The van der Waals surface area contributed by atoms with E-state index in [-0.39, 0.29) is 34.9 Å². The normalized spacial score (nSPS) is 43.9. The molecule has 1 heterocycles. The van der Waals surface area contributed by atoms with Crippen molar-refractivity contribution in [3.8, 4) is 0 Å². The Hall–Kier alpha value is -0.850. The second kappa shape index (κ2) is 9.18. The first-order valence-electron chi connectivity index (χ1n) is 12.0.